The van der Waals surface area contributed by atoms with Crippen molar-refractivity contribution in [3.05, 3.63) is 29.8 Å². The largest absolute Gasteiger partial charge is 0.483 e. The van der Waals surface area contributed by atoms with Gasteiger partial charge in [-0.3, -0.25) is 4.79 Å². The number of rotatable bonds is 7. The summed E-state index contributed by atoms with van der Waals surface area (Å²) in [5, 5.41) is 14.4. The van der Waals surface area contributed by atoms with Gasteiger partial charge in [-0.2, -0.15) is 0 Å². The molecule has 0 fully saturated rings. The molecule has 1 rings (SSSR count). The van der Waals surface area contributed by atoms with Crippen LogP contribution in [0.5, 0.6) is 5.75 Å². The fraction of sp³-hybridized carbons (Fsp3) is 0.429. The van der Waals surface area contributed by atoms with E-state index in [-0.39, 0.29) is 24.4 Å². The van der Waals surface area contributed by atoms with Crippen molar-refractivity contribution in [1.82, 2.24) is 10.2 Å². The minimum atomic E-state index is -0.224. The first-order valence-corrected chi connectivity index (χ1v) is 6.58. The Morgan fingerprint density at radius 2 is 2.14 bits per heavy atom. The van der Waals surface area contributed by atoms with E-state index >= 15 is 0 Å². The molecular formula is C14H22N4O3. The Bertz CT molecular complexity index is 503. The summed E-state index contributed by atoms with van der Waals surface area (Å²) >= 11 is 0. The van der Waals surface area contributed by atoms with Crippen LogP contribution in [0.2, 0.25) is 0 Å². The smallest absolute Gasteiger partial charge is 0.257 e. The van der Waals surface area contributed by atoms with E-state index in [1.165, 1.54) is 0 Å². The number of hydrogen-bond donors (Lipinski definition) is 3. The van der Waals surface area contributed by atoms with Gasteiger partial charge in [-0.25, -0.2) is 0 Å². The van der Waals surface area contributed by atoms with Crippen LogP contribution in [0.3, 0.4) is 0 Å². The lowest BCUT2D eigenvalue weighted by Gasteiger charge is -2.20. The molecule has 4 N–H and O–H groups in total. The molecule has 0 saturated carbocycles. The van der Waals surface area contributed by atoms with Crippen molar-refractivity contribution in [2.24, 2.45) is 10.9 Å². The van der Waals surface area contributed by atoms with Crippen LogP contribution < -0.4 is 15.8 Å². The molecule has 0 heterocycles. The van der Waals surface area contributed by atoms with Gasteiger partial charge in [0.05, 0.1) is 5.56 Å². The van der Waals surface area contributed by atoms with Crippen LogP contribution in [0.25, 0.3) is 0 Å². The van der Waals surface area contributed by atoms with Gasteiger partial charge in [0.1, 0.15) is 5.75 Å². The minimum absolute atomic E-state index is 0.0627. The average molecular weight is 294 g/mol. The molecule has 116 valence electrons. The van der Waals surface area contributed by atoms with E-state index in [0.29, 0.717) is 17.9 Å². The Morgan fingerprint density at radius 1 is 1.48 bits per heavy atom. The molecule has 7 heteroatoms. The summed E-state index contributed by atoms with van der Waals surface area (Å²) in [7, 11) is 3.89. The summed E-state index contributed by atoms with van der Waals surface area (Å²) in [6.45, 7) is 2.42. The van der Waals surface area contributed by atoms with Crippen LogP contribution in [0.4, 0.5) is 0 Å². The van der Waals surface area contributed by atoms with Gasteiger partial charge in [-0.15, -0.1) is 0 Å². The molecule has 21 heavy (non-hydrogen) atoms. The molecule has 1 atom stereocenters. The van der Waals surface area contributed by atoms with Gasteiger partial charge >= 0.3 is 0 Å². The minimum Gasteiger partial charge on any atom is -0.483 e. The predicted molar refractivity (Wildman–Crippen MR) is 80.6 cm³/mol. The molecule has 0 bridgehead atoms. The molecule has 0 aliphatic rings. The SMILES string of the molecule is CC(CNC(=O)COc1ccccc1C(N)=NO)N(C)C. The number of benzene rings is 1. The fourth-order valence-corrected chi connectivity index (χ4v) is 1.50. The Morgan fingerprint density at radius 3 is 2.76 bits per heavy atom. The number of nitrogens with two attached hydrogens (primary N) is 1. The molecule has 0 radical (unpaired) electrons. The highest BCUT2D eigenvalue weighted by Gasteiger charge is 2.11. The molecule has 7 nitrogen and oxygen atoms in total. The van der Waals surface area contributed by atoms with E-state index < -0.39 is 0 Å². The molecule has 0 aliphatic heterocycles. The van der Waals surface area contributed by atoms with E-state index in [9.17, 15) is 4.79 Å². The van der Waals surface area contributed by atoms with Crippen molar-refractivity contribution in [3.8, 4) is 5.75 Å². The summed E-state index contributed by atoms with van der Waals surface area (Å²) in [6, 6.07) is 7.02. The Labute approximate surface area is 124 Å². The maximum absolute atomic E-state index is 11.7. The maximum Gasteiger partial charge on any atom is 0.257 e. The second kappa shape index (κ2) is 8.11. The monoisotopic (exact) mass is 294 g/mol. The molecule has 0 aliphatic carbocycles. The van der Waals surface area contributed by atoms with Crippen molar-refractivity contribution in [2.75, 3.05) is 27.2 Å². The van der Waals surface area contributed by atoms with Crippen LogP contribution in [-0.2, 0) is 4.79 Å². The molecule has 1 aromatic carbocycles. The normalized spacial score (nSPS) is 13.0. The second-order valence-corrected chi connectivity index (χ2v) is 4.89. The summed E-state index contributed by atoms with van der Waals surface area (Å²) in [5.74, 6) is 0.105. The number of carbonyl (C=O) groups excluding carboxylic acids is 1. The molecule has 0 saturated heterocycles. The lowest BCUT2D eigenvalue weighted by molar-refractivity contribution is -0.123. The zero-order valence-electron chi connectivity index (χ0n) is 12.5. The number of hydrogen-bond acceptors (Lipinski definition) is 5. The highest BCUT2D eigenvalue weighted by Crippen LogP contribution is 2.17. The van der Waals surface area contributed by atoms with Gasteiger partial charge in [0.2, 0.25) is 0 Å². The van der Waals surface area contributed by atoms with Gasteiger partial charge < -0.3 is 25.9 Å². The lowest BCUT2D eigenvalue weighted by atomic mass is 10.2. The molecule has 0 aromatic heterocycles. The summed E-state index contributed by atoms with van der Waals surface area (Å²) in [6.07, 6.45) is 0. The van der Waals surface area contributed by atoms with Crippen LogP contribution in [-0.4, -0.2) is 55.1 Å². The number of oxime groups is 1. The zero-order chi connectivity index (χ0) is 15.8. The van der Waals surface area contributed by atoms with Gasteiger partial charge in [0, 0.05) is 12.6 Å². The quantitative estimate of drug-likeness (QED) is 0.289. The first-order chi connectivity index (χ1) is 9.95. The van der Waals surface area contributed by atoms with Crippen LogP contribution >= 0.6 is 0 Å². The summed E-state index contributed by atoms with van der Waals surface area (Å²) in [5.41, 5.74) is 5.99. The molecule has 1 aromatic rings. The second-order valence-electron chi connectivity index (χ2n) is 4.89. The number of ether oxygens (including phenoxy) is 1. The first-order valence-electron chi connectivity index (χ1n) is 6.58. The van der Waals surface area contributed by atoms with Crippen molar-refractivity contribution < 1.29 is 14.7 Å². The standard InChI is InChI=1S/C14H22N4O3/c1-10(18(2)3)8-16-13(19)9-21-12-7-5-4-6-11(12)14(15)17-20/h4-7,10,20H,8-9H2,1-3H3,(H2,15,17)(H,16,19). The van der Waals surface area contributed by atoms with Crippen molar-refractivity contribution >= 4 is 11.7 Å². The van der Waals surface area contributed by atoms with Crippen molar-refractivity contribution in [3.63, 3.8) is 0 Å². The average Bonchev–Trinajstić information content (AvgIpc) is 2.49. The summed E-state index contributed by atoms with van der Waals surface area (Å²) in [4.78, 5) is 13.7. The highest BCUT2D eigenvalue weighted by atomic mass is 16.5. The number of nitrogens with one attached hydrogen (secondary N) is 1. The molecule has 0 spiro atoms. The third-order valence-electron chi connectivity index (χ3n) is 3.11. The fourth-order valence-electron chi connectivity index (χ4n) is 1.50. The third-order valence-corrected chi connectivity index (χ3v) is 3.11. The number of carbonyl (C=O) groups is 1. The number of para-hydroxylation sites is 1. The number of nitrogens with zero attached hydrogens (tertiary/aromatic N) is 2. The van der Waals surface area contributed by atoms with Gasteiger partial charge in [-0.1, -0.05) is 17.3 Å². The van der Waals surface area contributed by atoms with E-state index in [1.807, 2.05) is 25.9 Å². The van der Waals surface area contributed by atoms with Crippen molar-refractivity contribution in [1.29, 1.82) is 0 Å². The highest BCUT2D eigenvalue weighted by molar-refractivity contribution is 5.99. The maximum atomic E-state index is 11.7. The third kappa shape index (κ3) is 5.31. The van der Waals surface area contributed by atoms with Gasteiger partial charge in [0.25, 0.3) is 5.91 Å². The topological polar surface area (TPSA) is 100 Å². The number of amides is 1. The Balaban J connectivity index is 2.54. The number of likely N-dealkylation sites (N-methyl/N-ethyl adjacent to an activating group) is 1. The molecular weight excluding hydrogens is 272 g/mol. The van der Waals surface area contributed by atoms with Crippen LogP contribution in [0.15, 0.2) is 29.4 Å². The van der Waals surface area contributed by atoms with E-state index in [2.05, 4.69) is 10.5 Å². The Kier molecular flexibility index (Phi) is 6.48. The molecule has 1 amide bonds. The number of amidine groups is 1. The summed E-state index contributed by atoms with van der Waals surface area (Å²) < 4.78 is 5.42. The van der Waals surface area contributed by atoms with Gasteiger partial charge in [0.15, 0.2) is 12.4 Å². The lowest BCUT2D eigenvalue weighted by Crippen LogP contribution is -2.40. The van der Waals surface area contributed by atoms with Crippen LogP contribution in [0.1, 0.15) is 12.5 Å². The van der Waals surface area contributed by atoms with E-state index in [1.54, 1.807) is 24.3 Å². The van der Waals surface area contributed by atoms with E-state index in [4.69, 9.17) is 15.7 Å². The zero-order valence-corrected chi connectivity index (χ0v) is 12.5. The molecule has 1 unspecified atom stereocenters. The van der Waals surface area contributed by atoms with Crippen molar-refractivity contribution in [2.45, 2.75) is 13.0 Å². The first kappa shape index (κ1) is 16.8. The Hall–Kier alpha value is -2.28. The van der Waals surface area contributed by atoms with E-state index in [0.717, 1.165) is 0 Å². The van der Waals surface area contributed by atoms with Crippen LogP contribution in [0, 0.1) is 0 Å². The van der Waals surface area contributed by atoms with Gasteiger partial charge in [-0.05, 0) is 33.2 Å². The predicted octanol–water partition coefficient (Wildman–Crippen LogP) is 0.226.